The Morgan fingerprint density at radius 1 is 1.26 bits per heavy atom. The minimum atomic E-state index is -2.96. The fraction of sp³-hybridized carbons (Fsp3) is 0.222. The Hall–Kier alpha value is -3.36. The number of amides is 1. The van der Waals surface area contributed by atoms with E-state index in [2.05, 4.69) is 15.3 Å². The van der Waals surface area contributed by atoms with Gasteiger partial charge in [0.05, 0.1) is 13.3 Å². The van der Waals surface area contributed by atoms with Gasteiger partial charge in [-0.2, -0.15) is 13.9 Å². The lowest BCUT2D eigenvalue weighted by Crippen LogP contribution is -2.42. The quantitative estimate of drug-likeness (QED) is 0.618. The molecule has 0 radical (unpaired) electrons. The fourth-order valence-electron chi connectivity index (χ4n) is 2.35. The van der Waals surface area contributed by atoms with Crippen LogP contribution in [-0.4, -0.2) is 38.6 Å². The van der Waals surface area contributed by atoms with Crippen LogP contribution in [0.25, 0.3) is 0 Å². The monoisotopic (exact) mass is 378 g/mol. The van der Waals surface area contributed by atoms with Crippen LogP contribution in [0.15, 0.2) is 47.6 Å². The summed E-state index contributed by atoms with van der Waals surface area (Å²) < 4.78 is 45.0. The van der Waals surface area contributed by atoms with Crippen molar-refractivity contribution in [1.82, 2.24) is 5.43 Å². The zero-order valence-electron chi connectivity index (χ0n) is 14.2. The Balaban J connectivity index is 1.60. The topological polar surface area (TPSA) is 78.4 Å². The number of nitrogens with one attached hydrogen (secondary N) is 1. The molecule has 1 unspecified atom stereocenters. The van der Waals surface area contributed by atoms with E-state index in [4.69, 9.17) is 14.2 Å². The van der Waals surface area contributed by atoms with Crippen molar-refractivity contribution in [1.29, 1.82) is 0 Å². The first kappa shape index (κ1) is 18.4. The van der Waals surface area contributed by atoms with E-state index in [1.54, 1.807) is 24.3 Å². The number of rotatable bonds is 6. The van der Waals surface area contributed by atoms with Gasteiger partial charge in [-0.25, -0.2) is 5.43 Å². The van der Waals surface area contributed by atoms with Crippen LogP contribution < -0.4 is 24.4 Å². The molecule has 0 spiro atoms. The van der Waals surface area contributed by atoms with E-state index in [0.717, 1.165) is 0 Å². The molecule has 0 bridgehead atoms. The van der Waals surface area contributed by atoms with Crippen molar-refractivity contribution < 1.29 is 32.5 Å². The zero-order valence-corrected chi connectivity index (χ0v) is 14.2. The van der Waals surface area contributed by atoms with Crippen LogP contribution in [0.2, 0.25) is 0 Å². The summed E-state index contributed by atoms with van der Waals surface area (Å²) in [6.07, 6.45) is 0.498. The SMILES string of the molecule is COc1cc(/C=N/NC(=O)C2COc3ccccc3O2)ccc1OC(F)F. The highest BCUT2D eigenvalue weighted by molar-refractivity contribution is 5.85. The number of hydrogen-bond donors (Lipinski definition) is 1. The Morgan fingerprint density at radius 3 is 2.78 bits per heavy atom. The molecule has 0 aliphatic carbocycles. The molecule has 27 heavy (non-hydrogen) atoms. The van der Waals surface area contributed by atoms with Gasteiger partial charge in [0.2, 0.25) is 6.10 Å². The molecule has 9 heteroatoms. The normalized spacial score (nSPS) is 15.6. The van der Waals surface area contributed by atoms with E-state index in [9.17, 15) is 13.6 Å². The summed E-state index contributed by atoms with van der Waals surface area (Å²) in [4.78, 5) is 12.1. The molecule has 0 fully saturated rings. The van der Waals surface area contributed by atoms with Gasteiger partial charge < -0.3 is 18.9 Å². The average molecular weight is 378 g/mol. The lowest BCUT2D eigenvalue weighted by Gasteiger charge is -2.24. The molecule has 7 nitrogen and oxygen atoms in total. The molecule has 2 aromatic rings. The minimum Gasteiger partial charge on any atom is -0.493 e. The molecule has 142 valence electrons. The molecule has 1 aliphatic rings. The first-order chi connectivity index (χ1) is 13.1. The molecule has 2 aromatic carbocycles. The number of hydrazone groups is 1. The van der Waals surface area contributed by atoms with E-state index >= 15 is 0 Å². The van der Waals surface area contributed by atoms with Crippen LogP contribution in [0.1, 0.15) is 5.56 Å². The second-order valence-corrected chi connectivity index (χ2v) is 5.39. The van der Waals surface area contributed by atoms with Gasteiger partial charge >= 0.3 is 6.61 Å². The molecule has 1 atom stereocenters. The van der Waals surface area contributed by atoms with Crippen molar-refractivity contribution >= 4 is 12.1 Å². The molecule has 0 aromatic heterocycles. The lowest BCUT2D eigenvalue weighted by molar-refractivity contribution is -0.130. The smallest absolute Gasteiger partial charge is 0.387 e. The van der Waals surface area contributed by atoms with E-state index < -0.39 is 18.6 Å². The predicted molar refractivity (Wildman–Crippen MR) is 91.7 cm³/mol. The van der Waals surface area contributed by atoms with Crippen molar-refractivity contribution in [3.05, 3.63) is 48.0 Å². The number of carbonyl (C=O) groups is 1. The molecule has 3 rings (SSSR count). The van der Waals surface area contributed by atoms with Gasteiger partial charge in [-0.15, -0.1) is 0 Å². The van der Waals surface area contributed by atoms with E-state index in [1.807, 2.05) is 0 Å². The van der Waals surface area contributed by atoms with Crippen LogP contribution in [0.5, 0.6) is 23.0 Å². The number of carbonyl (C=O) groups excluding carboxylic acids is 1. The third kappa shape index (κ3) is 4.63. The summed E-state index contributed by atoms with van der Waals surface area (Å²) in [5.74, 6) is 0.590. The number of hydrogen-bond acceptors (Lipinski definition) is 6. The molecule has 1 heterocycles. The maximum Gasteiger partial charge on any atom is 0.387 e. The van der Waals surface area contributed by atoms with E-state index in [-0.39, 0.29) is 18.1 Å². The minimum absolute atomic E-state index is 0.0614. The summed E-state index contributed by atoms with van der Waals surface area (Å²) in [5, 5.41) is 3.83. The third-order valence-electron chi connectivity index (χ3n) is 3.59. The number of benzene rings is 2. The van der Waals surface area contributed by atoms with Crippen molar-refractivity contribution in [3.8, 4) is 23.0 Å². The highest BCUT2D eigenvalue weighted by Crippen LogP contribution is 2.31. The van der Waals surface area contributed by atoms with Crippen LogP contribution in [-0.2, 0) is 4.79 Å². The van der Waals surface area contributed by atoms with Crippen molar-refractivity contribution in [2.24, 2.45) is 5.10 Å². The summed E-state index contributed by atoms with van der Waals surface area (Å²) in [7, 11) is 1.33. The predicted octanol–water partition coefficient (Wildman–Crippen LogP) is 2.59. The number of nitrogens with zero attached hydrogens (tertiary/aromatic N) is 1. The Bertz CT molecular complexity index is 844. The second kappa shape index (κ2) is 8.35. The van der Waals surface area contributed by atoms with Crippen molar-refractivity contribution in [2.75, 3.05) is 13.7 Å². The van der Waals surface area contributed by atoms with Gasteiger partial charge in [0, 0.05) is 0 Å². The molecule has 1 aliphatic heterocycles. The molecule has 1 N–H and O–H groups in total. The van der Waals surface area contributed by atoms with Crippen LogP contribution in [0.4, 0.5) is 8.78 Å². The number of methoxy groups -OCH3 is 1. The van der Waals surface area contributed by atoms with Gasteiger partial charge in [-0.1, -0.05) is 12.1 Å². The van der Waals surface area contributed by atoms with E-state index in [0.29, 0.717) is 17.1 Å². The Morgan fingerprint density at radius 2 is 2.04 bits per heavy atom. The van der Waals surface area contributed by atoms with Gasteiger partial charge in [0.15, 0.2) is 23.0 Å². The third-order valence-corrected chi connectivity index (χ3v) is 3.59. The second-order valence-electron chi connectivity index (χ2n) is 5.39. The molecule has 1 amide bonds. The molecular weight excluding hydrogens is 362 g/mol. The number of fused-ring (bicyclic) bond motifs is 1. The van der Waals surface area contributed by atoms with Crippen LogP contribution in [0.3, 0.4) is 0 Å². The summed E-state index contributed by atoms with van der Waals surface area (Å²) in [6.45, 7) is -2.90. The van der Waals surface area contributed by atoms with Crippen LogP contribution in [0, 0.1) is 0 Å². The number of ether oxygens (including phenoxy) is 4. The number of halogens is 2. The standard InChI is InChI=1S/C18H16F2N2O5/c1-24-15-8-11(6-7-14(15)27-18(19)20)9-21-22-17(23)16-10-25-12-4-2-3-5-13(12)26-16/h2-9,16,18H,10H2,1H3,(H,22,23)/b21-9+. The molecule has 0 saturated carbocycles. The van der Waals surface area contributed by atoms with E-state index in [1.165, 1.54) is 31.5 Å². The Labute approximate surface area is 153 Å². The molecular formula is C18H16F2N2O5. The number of para-hydroxylation sites is 2. The zero-order chi connectivity index (χ0) is 19.2. The Kier molecular flexibility index (Phi) is 5.70. The van der Waals surface area contributed by atoms with Crippen LogP contribution >= 0.6 is 0 Å². The van der Waals surface area contributed by atoms with Gasteiger partial charge in [-0.3, -0.25) is 4.79 Å². The summed E-state index contributed by atoms with van der Waals surface area (Å²) in [5.41, 5.74) is 2.86. The molecule has 0 saturated heterocycles. The van der Waals surface area contributed by atoms with Gasteiger partial charge in [-0.05, 0) is 35.9 Å². The van der Waals surface area contributed by atoms with Gasteiger partial charge in [0.25, 0.3) is 5.91 Å². The maximum atomic E-state index is 12.3. The highest BCUT2D eigenvalue weighted by atomic mass is 19.3. The average Bonchev–Trinajstić information content (AvgIpc) is 2.68. The first-order valence-corrected chi connectivity index (χ1v) is 7.91. The van der Waals surface area contributed by atoms with Crippen molar-refractivity contribution in [3.63, 3.8) is 0 Å². The number of alkyl halides is 2. The summed E-state index contributed by atoms with van der Waals surface area (Å²) in [6, 6.07) is 11.3. The largest absolute Gasteiger partial charge is 0.493 e. The maximum absolute atomic E-state index is 12.3. The summed E-state index contributed by atoms with van der Waals surface area (Å²) >= 11 is 0. The van der Waals surface area contributed by atoms with Gasteiger partial charge in [0.1, 0.15) is 6.61 Å². The first-order valence-electron chi connectivity index (χ1n) is 7.91. The van der Waals surface area contributed by atoms with Crippen molar-refractivity contribution in [2.45, 2.75) is 12.7 Å². The fourth-order valence-corrected chi connectivity index (χ4v) is 2.35. The highest BCUT2D eigenvalue weighted by Gasteiger charge is 2.27. The lowest BCUT2D eigenvalue weighted by atomic mass is 10.2.